The molecule has 2 aromatic rings. The molecular formula is C17H13F3N2O2. The maximum absolute atomic E-state index is 13.1. The zero-order chi connectivity index (χ0) is 17.3. The van der Waals surface area contributed by atoms with Gasteiger partial charge in [-0.15, -0.1) is 0 Å². The Balaban J connectivity index is 1.55. The Morgan fingerprint density at radius 3 is 1.92 bits per heavy atom. The number of hydrogen-bond donors (Lipinski definition) is 2. The number of anilines is 2. The number of carbonyl (C=O) groups excluding carboxylic acids is 2. The van der Waals surface area contributed by atoms with E-state index >= 15 is 0 Å². The SMILES string of the molecule is O=C(Nc1ccc(F)cc1)C1CC1C(=O)Nc1ccc(F)c(F)c1. The Labute approximate surface area is 135 Å². The topological polar surface area (TPSA) is 58.2 Å². The minimum atomic E-state index is -1.06. The second-order valence-electron chi connectivity index (χ2n) is 5.56. The van der Waals surface area contributed by atoms with E-state index in [9.17, 15) is 22.8 Å². The van der Waals surface area contributed by atoms with Crippen molar-refractivity contribution in [3.05, 3.63) is 59.9 Å². The van der Waals surface area contributed by atoms with Gasteiger partial charge in [-0.3, -0.25) is 9.59 Å². The van der Waals surface area contributed by atoms with Crippen LogP contribution >= 0.6 is 0 Å². The third-order valence-electron chi connectivity index (χ3n) is 3.76. The minimum absolute atomic E-state index is 0.128. The summed E-state index contributed by atoms with van der Waals surface area (Å²) < 4.78 is 38.8. The van der Waals surface area contributed by atoms with E-state index in [0.717, 1.165) is 12.1 Å². The molecule has 2 unspecified atom stereocenters. The van der Waals surface area contributed by atoms with Gasteiger partial charge in [0.25, 0.3) is 0 Å². The first-order chi connectivity index (χ1) is 11.4. The molecule has 2 amide bonds. The van der Waals surface area contributed by atoms with Gasteiger partial charge in [-0.05, 0) is 42.8 Å². The molecule has 4 nitrogen and oxygen atoms in total. The molecule has 1 aliphatic rings. The van der Waals surface area contributed by atoms with Gasteiger partial charge in [0.1, 0.15) is 5.82 Å². The van der Waals surface area contributed by atoms with Crippen molar-refractivity contribution >= 4 is 23.2 Å². The Hall–Kier alpha value is -2.83. The lowest BCUT2D eigenvalue weighted by Crippen LogP contribution is -2.20. The third kappa shape index (κ3) is 3.56. The largest absolute Gasteiger partial charge is 0.326 e. The molecule has 2 atom stereocenters. The van der Waals surface area contributed by atoms with Gasteiger partial charge in [-0.2, -0.15) is 0 Å². The van der Waals surface area contributed by atoms with Gasteiger partial charge in [0.2, 0.25) is 11.8 Å². The van der Waals surface area contributed by atoms with Crippen LogP contribution in [0, 0.1) is 29.3 Å². The molecule has 2 N–H and O–H groups in total. The normalized spacial score (nSPS) is 18.8. The zero-order valence-electron chi connectivity index (χ0n) is 12.4. The summed E-state index contributed by atoms with van der Waals surface area (Å²) in [7, 11) is 0. The maximum Gasteiger partial charge on any atom is 0.228 e. The average molecular weight is 334 g/mol. The summed E-state index contributed by atoms with van der Waals surface area (Å²) in [6.45, 7) is 0. The molecule has 1 aliphatic carbocycles. The lowest BCUT2D eigenvalue weighted by molar-refractivity contribution is -0.122. The van der Waals surface area contributed by atoms with Crippen LogP contribution in [0.4, 0.5) is 24.5 Å². The number of benzene rings is 2. The summed E-state index contributed by atoms with van der Waals surface area (Å²) in [5.41, 5.74) is 0.566. The Morgan fingerprint density at radius 2 is 1.33 bits per heavy atom. The van der Waals surface area contributed by atoms with Crippen LogP contribution in [0.5, 0.6) is 0 Å². The van der Waals surface area contributed by atoms with Crippen molar-refractivity contribution in [2.75, 3.05) is 10.6 Å². The average Bonchev–Trinajstić information content (AvgIpc) is 3.34. The van der Waals surface area contributed by atoms with E-state index in [1.807, 2.05) is 0 Å². The van der Waals surface area contributed by atoms with E-state index in [-0.39, 0.29) is 11.6 Å². The van der Waals surface area contributed by atoms with Gasteiger partial charge in [0, 0.05) is 17.4 Å². The first kappa shape index (κ1) is 16.0. The van der Waals surface area contributed by atoms with Crippen molar-refractivity contribution in [2.24, 2.45) is 11.8 Å². The Morgan fingerprint density at radius 1 is 0.792 bits per heavy atom. The lowest BCUT2D eigenvalue weighted by Gasteiger charge is -2.06. The smallest absolute Gasteiger partial charge is 0.228 e. The summed E-state index contributed by atoms with van der Waals surface area (Å²) in [4.78, 5) is 24.1. The van der Waals surface area contributed by atoms with Crippen LogP contribution in [0.3, 0.4) is 0 Å². The molecule has 3 rings (SSSR count). The fourth-order valence-corrected chi connectivity index (χ4v) is 2.35. The molecule has 124 valence electrons. The number of amides is 2. The van der Waals surface area contributed by atoms with Gasteiger partial charge in [0.05, 0.1) is 11.8 Å². The molecule has 7 heteroatoms. The fraction of sp³-hybridized carbons (Fsp3) is 0.176. The second kappa shape index (κ2) is 6.35. The number of carbonyl (C=O) groups is 2. The van der Waals surface area contributed by atoms with E-state index in [0.29, 0.717) is 12.1 Å². The molecule has 0 aromatic heterocycles. The molecule has 0 aliphatic heterocycles. The molecule has 24 heavy (non-hydrogen) atoms. The van der Waals surface area contributed by atoms with Gasteiger partial charge >= 0.3 is 0 Å². The van der Waals surface area contributed by atoms with Crippen LogP contribution < -0.4 is 10.6 Å². The van der Waals surface area contributed by atoms with Gasteiger partial charge in [-0.1, -0.05) is 0 Å². The van der Waals surface area contributed by atoms with Crippen LogP contribution in [0.1, 0.15) is 6.42 Å². The van der Waals surface area contributed by atoms with E-state index < -0.39 is 35.2 Å². The van der Waals surface area contributed by atoms with E-state index in [2.05, 4.69) is 10.6 Å². The van der Waals surface area contributed by atoms with Crippen LogP contribution in [0.15, 0.2) is 42.5 Å². The molecule has 0 bridgehead atoms. The van der Waals surface area contributed by atoms with Crippen molar-refractivity contribution in [2.45, 2.75) is 6.42 Å². The molecule has 0 radical (unpaired) electrons. The number of nitrogens with one attached hydrogen (secondary N) is 2. The quantitative estimate of drug-likeness (QED) is 0.901. The summed E-state index contributed by atoms with van der Waals surface area (Å²) in [6, 6.07) is 8.32. The predicted molar refractivity (Wildman–Crippen MR) is 81.6 cm³/mol. The molecule has 0 saturated heterocycles. The molecule has 1 saturated carbocycles. The van der Waals surface area contributed by atoms with E-state index in [1.165, 1.54) is 30.3 Å². The second-order valence-corrected chi connectivity index (χ2v) is 5.56. The standard InChI is InChI=1S/C17H13F3N2O2/c18-9-1-3-10(4-2-9)21-16(23)12-8-13(12)17(24)22-11-5-6-14(19)15(20)7-11/h1-7,12-13H,8H2,(H,21,23)(H,22,24). The van der Waals surface area contributed by atoms with Crippen LogP contribution in [-0.4, -0.2) is 11.8 Å². The highest BCUT2D eigenvalue weighted by Gasteiger charge is 2.48. The maximum atomic E-state index is 13.1. The third-order valence-corrected chi connectivity index (χ3v) is 3.76. The van der Waals surface area contributed by atoms with Gasteiger partial charge < -0.3 is 10.6 Å². The highest BCUT2D eigenvalue weighted by atomic mass is 19.2. The highest BCUT2D eigenvalue weighted by Crippen LogP contribution is 2.40. The predicted octanol–water partition coefficient (Wildman–Crippen LogP) is 3.32. The lowest BCUT2D eigenvalue weighted by atomic mass is 10.2. The van der Waals surface area contributed by atoms with Crippen molar-refractivity contribution in [3.8, 4) is 0 Å². The fourth-order valence-electron chi connectivity index (χ4n) is 2.35. The Kier molecular flexibility index (Phi) is 4.24. The number of hydrogen-bond acceptors (Lipinski definition) is 2. The Bertz CT molecular complexity index is 793. The van der Waals surface area contributed by atoms with Crippen molar-refractivity contribution in [1.29, 1.82) is 0 Å². The number of rotatable bonds is 4. The summed E-state index contributed by atoms with van der Waals surface area (Å²) in [5.74, 6) is -4.28. The minimum Gasteiger partial charge on any atom is -0.326 e. The van der Waals surface area contributed by atoms with E-state index in [1.54, 1.807) is 0 Å². The molecule has 1 fully saturated rings. The summed E-state index contributed by atoms with van der Waals surface area (Å²) in [6.07, 6.45) is 0.364. The van der Waals surface area contributed by atoms with Crippen molar-refractivity contribution < 1.29 is 22.8 Å². The number of halogens is 3. The molecule has 2 aromatic carbocycles. The van der Waals surface area contributed by atoms with Crippen LogP contribution in [0.25, 0.3) is 0 Å². The van der Waals surface area contributed by atoms with Gasteiger partial charge in [-0.25, -0.2) is 13.2 Å². The first-order valence-corrected chi connectivity index (χ1v) is 7.26. The highest BCUT2D eigenvalue weighted by molar-refractivity contribution is 6.03. The van der Waals surface area contributed by atoms with Gasteiger partial charge in [0.15, 0.2) is 11.6 Å². The van der Waals surface area contributed by atoms with Crippen molar-refractivity contribution in [3.63, 3.8) is 0 Å². The first-order valence-electron chi connectivity index (χ1n) is 7.26. The summed E-state index contributed by atoms with van der Waals surface area (Å²) >= 11 is 0. The molecule has 0 spiro atoms. The van der Waals surface area contributed by atoms with Crippen LogP contribution in [-0.2, 0) is 9.59 Å². The van der Waals surface area contributed by atoms with Crippen molar-refractivity contribution in [1.82, 2.24) is 0 Å². The van der Waals surface area contributed by atoms with Crippen LogP contribution in [0.2, 0.25) is 0 Å². The molecule has 0 heterocycles. The zero-order valence-corrected chi connectivity index (χ0v) is 12.4. The van der Waals surface area contributed by atoms with E-state index in [4.69, 9.17) is 0 Å². The monoisotopic (exact) mass is 334 g/mol. The summed E-state index contributed by atoms with van der Waals surface area (Å²) in [5, 5.41) is 5.05. The molecular weight excluding hydrogens is 321 g/mol.